The number of carbonyl (C=O) groups excluding carboxylic acids is 4. The van der Waals surface area contributed by atoms with Gasteiger partial charge in [0.15, 0.2) is 0 Å². The smallest absolute Gasteiger partial charge is 0.337 e. The van der Waals surface area contributed by atoms with Crippen LogP contribution in [-0.4, -0.2) is 42.2 Å². The van der Waals surface area contributed by atoms with Gasteiger partial charge in [0.05, 0.1) is 23.8 Å². The van der Waals surface area contributed by atoms with Crippen molar-refractivity contribution in [3.8, 4) is 0 Å². The number of aryl methyl sites for hydroxylation is 1. The van der Waals surface area contributed by atoms with E-state index in [2.05, 4.69) is 10.1 Å². The Morgan fingerprint density at radius 1 is 1.04 bits per heavy atom. The normalized spacial score (nSPS) is 12.7. The van der Waals surface area contributed by atoms with Crippen molar-refractivity contribution in [2.75, 3.05) is 19.0 Å². The molecule has 1 aliphatic rings. The largest absolute Gasteiger partial charge is 0.465 e. The van der Waals surface area contributed by atoms with E-state index in [9.17, 15) is 19.2 Å². The van der Waals surface area contributed by atoms with Gasteiger partial charge in [-0.1, -0.05) is 12.1 Å². The second kappa shape index (κ2) is 7.41. The van der Waals surface area contributed by atoms with Crippen molar-refractivity contribution in [2.45, 2.75) is 13.3 Å². The van der Waals surface area contributed by atoms with E-state index < -0.39 is 5.97 Å². The Balaban J connectivity index is 1.62. The number of amides is 3. The van der Waals surface area contributed by atoms with Gasteiger partial charge in [-0.25, -0.2) is 4.79 Å². The van der Waals surface area contributed by atoms with Crippen LogP contribution in [0.5, 0.6) is 0 Å². The van der Waals surface area contributed by atoms with Gasteiger partial charge in [-0.2, -0.15) is 0 Å². The molecule has 1 heterocycles. The molecule has 1 N–H and O–H groups in total. The number of nitrogens with one attached hydrogen (secondary N) is 1. The SMILES string of the molecule is COC(=O)c1ccc(NC(=O)CCN2C(=O)c3ccccc3C2=O)c(C)c1. The minimum Gasteiger partial charge on any atom is -0.465 e. The maximum Gasteiger partial charge on any atom is 0.337 e. The van der Waals surface area contributed by atoms with Crippen LogP contribution < -0.4 is 5.32 Å². The minimum atomic E-state index is -0.457. The van der Waals surface area contributed by atoms with E-state index in [0.717, 1.165) is 4.90 Å². The highest BCUT2D eigenvalue weighted by Gasteiger charge is 2.34. The van der Waals surface area contributed by atoms with E-state index in [1.807, 2.05) is 0 Å². The summed E-state index contributed by atoms with van der Waals surface area (Å²) in [4.78, 5) is 49.4. The molecule has 2 aromatic rings. The Morgan fingerprint density at radius 3 is 2.22 bits per heavy atom. The molecule has 0 spiro atoms. The summed E-state index contributed by atoms with van der Waals surface area (Å²) in [6.45, 7) is 1.75. The van der Waals surface area contributed by atoms with Crippen LogP contribution in [0.25, 0.3) is 0 Å². The van der Waals surface area contributed by atoms with Gasteiger partial charge in [0.25, 0.3) is 11.8 Å². The second-order valence-corrected chi connectivity index (χ2v) is 6.13. The maximum absolute atomic E-state index is 12.3. The van der Waals surface area contributed by atoms with Gasteiger partial charge in [-0.3, -0.25) is 19.3 Å². The molecular formula is C20H18N2O5. The molecule has 0 bridgehead atoms. The molecule has 2 aromatic carbocycles. The molecule has 7 heteroatoms. The highest BCUT2D eigenvalue weighted by molar-refractivity contribution is 6.21. The molecule has 27 heavy (non-hydrogen) atoms. The van der Waals surface area contributed by atoms with Crippen molar-refractivity contribution in [3.63, 3.8) is 0 Å². The van der Waals surface area contributed by atoms with E-state index >= 15 is 0 Å². The predicted octanol–water partition coefficient (Wildman–Crippen LogP) is 2.41. The molecule has 0 saturated heterocycles. The molecule has 0 aromatic heterocycles. The number of rotatable bonds is 5. The summed E-state index contributed by atoms with van der Waals surface area (Å²) in [6.07, 6.45) is -0.0241. The molecule has 0 unspecified atom stereocenters. The summed E-state index contributed by atoms with van der Waals surface area (Å²) in [6, 6.07) is 11.4. The number of carbonyl (C=O) groups is 4. The number of hydrogen-bond donors (Lipinski definition) is 1. The van der Waals surface area contributed by atoms with Crippen LogP contribution in [0.2, 0.25) is 0 Å². The monoisotopic (exact) mass is 366 g/mol. The molecule has 138 valence electrons. The summed E-state index contributed by atoms with van der Waals surface area (Å²) < 4.78 is 4.66. The fourth-order valence-electron chi connectivity index (χ4n) is 2.92. The molecule has 7 nitrogen and oxygen atoms in total. The van der Waals surface area contributed by atoms with E-state index in [1.165, 1.54) is 7.11 Å². The third-order valence-corrected chi connectivity index (χ3v) is 4.36. The van der Waals surface area contributed by atoms with E-state index in [4.69, 9.17) is 0 Å². The lowest BCUT2D eigenvalue weighted by atomic mass is 10.1. The summed E-state index contributed by atoms with van der Waals surface area (Å²) in [5.41, 5.74) is 2.36. The summed E-state index contributed by atoms with van der Waals surface area (Å²) in [7, 11) is 1.30. The van der Waals surface area contributed by atoms with Gasteiger partial charge in [0, 0.05) is 18.7 Å². The van der Waals surface area contributed by atoms with Crippen molar-refractivity contribution in [1.29, 1.82) is 0 Å². The number of benzene rings is 2. The van der Waals surface area contributed by atoms with Crippen molar-refractivity contribution >= 4 is 29.4 Å². The Morgan fingerprint density at radius 2 is 1.67 bits per heavy atom. The van der Waals surface area contributed by atoms with E-state index in [-0.39, 0.29) is 30.7 Å². The number of esters is 1. The predicted molar refractivity (Wildman–Crippen MR) is 97.6 cm³/mol. The van der Waals surface area contributed by atoms with E-state index in [1.54, 1.807) is 49.4 Å². The van der Waals surface area contributed by atoms with Gasteiger partial charge in [0.1, 0.15) is 0 Å². The number of anilines is 1. The number of imide groups is 1. The molecule has 1 aliphatic heterocycles. The third kappa shape index (κ3) is 3.57. The zero-order chi connectivity index (χ0) is 19.6. The van der Waals surface area contributed by atoms with Crippen molar-refractivity contribution in [3.05, 3.63) is 64.7 Å². The number of nitrogens with zero attached hydrogens (tertiary/aromatic N) is 1. The number of hydrogen-bond acceptors (Lipinski definition) is 5. The summed E-state index contributed by atoms with van der Waals surface area (Å²) >= 11 is 0. The molecule has 0 fully saturated rings. The lowest BCUT2D eigenvalue weighted by Crippen LogP contribution is -2.32. The highest BCUT2D eigenvalue weighted by Crippen LogP contribution is 2.23. The lowest BCUT2D eigenvalue weighted by molar-refractivity contribution is -0.116. The first-order valence-electron chi connectivity index (χ1n) is 8.36. The Hall–Kier alpha value is -3.48. The summed E-state index contributed by atoms with van der Waals surface area (Å²) in [5.74, 6) is -1.56. The first-order chi connectivity index (χ1) is 12.9. The molecule has 0 aliphatic carbocycles. The van der Waals surface area contributed by atoms with Crippen LogP contribution in [0.3, 0.4) is 0 Å². The van der Waals surface area contributed by atoms with Crippen LogP contribution in [0.1, 0.15) is 43.1 Å². The topological polar surface area (TPSA) is 92.8 Å². The van der Waals surface area contributed by atoms with Crippen LogP contribution in [0.4, 0.5) is 5.69 Å². The highest BCUT2D eigenvalue weighted by atomic mass is 16.5. The average molecular weight is 366 g/mol. The van der Waals surface area contributed by atoms with Crippen molar-refractivity contribution in [2.24, 2.45) is 0 Å². The van der Waals surface area contributed by atoms with Crippen LogP contribution >= 0.6 is 0 Å². The number of fused-ring (bicyclic) bond motifs is 1. The molecule has 0 saturated carbocycles. The Kier molecular flexibility index (Phi) is 5.03. The molecule has 0 atom stereocenters. The van der Waals surface area contributed by atoms with Gasteiger partial charge in [-0.05, 0) is 42.8 Å². The van der Waals surface area contributed by atoms with Gasteiger partial charge >= 0.3 is 5.97 Å². The molecule has 3 amide bonds. The fraction of sp³-hybridized carbons (Fsp3) is 0.200. The Bertz CT molecular complexity index is 916. The molecular weight excluding hydrogens is 348 g/mol. The van der Waals surface area contributed by atoms with Crippen molar-refractivity contribution in [1.82, 2.24) is 4.90 Å². The first-order valence-corrected chi connectivity index (χ1v) is 8.36. The van der Waals surface area contributed by atoms with Crippen LogP contribution in [-0.2, 0) is 9.53 Å². The number of ether oxygens (including phenoxy) is 1. The minimum absolute atomic E-state index is 0.00251. The first kappa shape index (κ1) is 18.3. The maximum atomic E-state index is 12.3. The third-order valence-electron chi connectivity index (χ3n) is 4.36. The zero-order valence-corrected chi connectivity index (χ0v) is 14.9. The standard InChI is InChI=1S/C20H18N2O5/c1-12-11-13(20(26)27-2)7-8-16(12)21-17(23)9-10-22-18(24)14-5-3-4-6-15(14)19(22)25/h3-8,11H,9-10H2,1-2H3,(H,21,23). The second-order valence-electron chi connectivity index (χ2n) is 6.13. The quantitative estimate of drug-likeness (QED) is 0.648. The van der Waals surface area contributed by atoms with Gasteiger partial charge < -0.3 is 10.1 Å². The zero-order valence-electron chi connectivity index (χ0n) is 14.9. The van der Waals surface area contributed by atoms with Gasteiger partial charge in [0.2, 0.25) is 5.91 Å². The average Bonchev–Trinajstić information content (AvgIpc) is 2.92. The van der Waals surface area contributed by atoms with Gasteiger partial charge in [-0.15, -0.1) is 0 Å². The molecule has 0 radical (unpaired) electrons. The van der Waals surface area contributed by atoms with Crippen molar-refractivity contribution < 1.29 is 23.9 Å². The van der Waals surface area contributed by atoms with E-state index in [0.29, 0.717) is 27.9 Å². The summed E-state index contributed by atoms with van der Waals surface area (Å²) in [5, 5.41) is 2.73. The fourth-order valence-corrected chi connectivity index (χ4v) is 2.92. The Labute approximate surface area is 155 Å². The lowest BCUT2D eigenvalue weighted by Gasteiger charge is -2.14. The number of methoxy groups -OCH3 is 1. The molecule has 3 rings (SSSR count). The van der Waals surface area contributed by atoms with Crippen LogP contribution in [0.15, 0.2) is 42.5 Å². The van der Waals surface area contributed by atoms with Crippen LogP contribution in [0, 0.1) is 6.92 Å².